The minimum atomic E-state index is -1.48. The largest absolute Gasteiger partial charge is 0.458 e. The molecular weight excluding hydrogens is 505 g/mol. The lowest BCUT2D eigenvalue weighted by Gasteiger charge is -2.38. The van der Waals surface area contributed by atoms with Gasteiger partial charge < -0.3 is 30.0 Å². The zero-order chi connectivity index (χ0) is 28.1. The zero-order valence-corrected chi connectivity index (χ0v) is 22.5. The summed E-state index contributed by atoms with van der Waals surface area (Å²) in [5, 5.41) is 19.9. The van der Waals surface area contributed by atoms with Crippen LogP contribution in [-0.2, 0) is 40.3 Å². The number of rotatable bonds is 2. The van der Waals surface area contributed by atoms with Gasteiger partial charge in [-0.2, -0.15) is 0 Å². The number of aromatic nitrogens is 2. The highest BCUT2D eigenvalue weighted by Gasteiger charge is 2.37. The number of hydrogen-bond acceptors (Lipinski definition) is 8. The summed E-state index contributed by atoms with van der Waals surface area (Å²) in [6.45, 7) is 7.98. The molecule has 0 bridgehead atoms. The fraction of sp³-hybridized carbons (Fsp3) is 0.483. The van der Waals surface area contributed by atoms with Crippen LogP contribution in [0.2, 0.25) is 0 Å². The number of fused-ring (bicyclic) bond motifs is 5. The van der Waals surface area contributed by atoms with E-state index < -0.39 is 12.1 Å². The molecule has 1 saturated heterocycles. The van der Waals surface area contributed by atoms with Crippen LogP contribution in [0.25, 0.3) is 22.3 Å². The Morgan fingerprint density at radius 1 is 1.15 bits per heavy atom. The lowest BCUT2D eigenvalue weighted by Crippen LogP contribution is -2.50. The van der Waals surface area contributed by atoms with Crippen molar-refractivity contribution in [3.05, 3.63) is 61.7 Å². The minimum Gasteiger partial charge on any atom is -0.458 e. The van der Waals surface area contributed by atoms with E-state index in [0.717, 1.165) is 41.3 Å². The summed E-state index contributed by atoms with van der Waals surface area (Å²) < 4.78 is 25.9. The Morgan fingerprint density at radius 3 is 2.49 bits per heavy atom. The number of carbonyl (C=O) groups is 1. The Kier molecular flexibility index (Phi) is 7.32. The molecule has 3 aromatic rings. The molecule has 39 heavy (non-hydrogen) atoms. The number of hydrogen-bond donors (Lipinski definition) is 3. The zero-order valence-electron chi connectivity index (χ0n) is 22.5. The summed E-state index contributed by atoms with van der Waals surface area (Å²) in [6, 6.07) is 3.13. The van der Waals surface area contributed by atoms with Crippen molar-refractivity contribution in [2.75, 3.05) is 26.4 Å². The minimum absolute atomic E-state index is 0.0833. The van der Waals surface area contributed by atoms with Crippen molar-refractivity contribution in [2.24, 2.45) is 11.1 Å². The molecular formula is C29H34FN3O6. The topological polar surface area (TPSA) is 137 Å². The molecule has 10 heteroatoms. The molecule has 1 aromatic carbocycles. The summed E-state index contributed by atoms with van der Waals surface area (Å²) in [4.78, 5) is 29.6. The third kappa shape index (κ3) is 4.26. The first kappa shape index (κ1) is 27.4. The number of nitrogens with two attached hydrogens (primary N) is 1. The van der Waals surface area contributed by atoms with Gasteiger partial charge in [-0.15, -0.1) is 0 Å². The van der Waals surface area contributed by atoms with Crippen LogP contribution in [0.5, 0.6) is 0 Å². The van der Waals surface area contributed by atoms with E-state index in [-0.39, 0.29) is 35.6 Å². The van der Waals surface area contributed by atoms with E-state index in [0.29, 0.717) is 54.3 Å². The molecule has 0 amide bonds. The van der Waals surface area contributed by atoms with Crippen LogP contribution >= 0.6 is 0 Å². The van der Waals surface area contributed by atoms with E-state index in [1.165, 1.54) is 6.07 Å². The number of aryl methyl sites for hydroxylation is 2. The average molecular weight is 540 g/mol. The molecule has 4 N–H and O–H groups in total. The van der Waals surface area contributed by atoms with E-state index in [1.807, 2.05) is 13.8 Å². The van der Waals surface area contributed by atoms with Crippen molar-refractivity contribution >= 4 is 16.9 Å². The summed E-state index contributed by atoms with van der Waals surface area (Å²) in [5.41, 5.74) is 11.1. The lowest BCUT2D eigenvalue weighted by atomic mass is 9.85. The van der Waals surface area contributed by atoms with Gasteiger partial charge in [-0.3, -0.25) is 4.79 Å². The first-order valence-electron chi connectivity index (χ1n) is 13.4. The molecule has 0 spiro atoms. The molecule has 1 atom stereocenters. The summed E-state index contributed by atoms with van der Waals surface area (Å²) >= 11 is 0. The highest BCUT2D eigenvalue weighted by molar-refractivity contribution is 5.92. The van der Waals surface area contributed by atoms with Crippen LogP contribution in [-0.4, -0.2) is 52.1 Å². The van der Waals surface area contributed by atoms with Crippen molar-refractivity contribution in [2.45, 2.75) is 59.3 Å². The SMILES string of the molecule is CC.Cc1c(F)cc2nc3c(c4c2c1CCC4)Cn1c-3cc2c(c1=O)COC(=O)C2O.NCC1(CO)COC1. The standard InChI is InChI=1S/C22H17FN2O4.C5H11NO2.C2H6/c1-9-10-3-2-4-11-13-7-25-17(19(13)24-16(18(10)11)6-15(9)23)5-12-14(21(25)27)8-29-22(28)20(12)26;6-1-5(2-7)3-8-4-5;1-2/h5-6,20,26H,2-4,7-8H2,1H3;7H,1-4,6H2;1-2H3. The second kappa shape index (κ2) is 10.4. The molecule has 3 aliphatic heterocycles. The van der Waals surface area contributed by atoms with Gasteiger partial charge >= 0.3 is 5.97 Å². The smallest absolute Gasteiger partial charge is 0.340 e. The average Bonchev–Trinajstić information content (AvgIpc) is 3.30. The fourth-order valence-electron chi connectivity index (χ4n) is 5.73. The number of cyclic esters (lactones) is 1. The van der Waals surface area contributed by atoms with Gasteiger partial charge in [0.2, 0.25) is 0 Å². The maximum atomic E-state index is 14.5. The van der Waals surface area contributed by atoms with Crippen LogP contribution in [0.1, 0.15) is 59.8 Å². The maximum absolute atomic E-state index is 14.5. The van der Waals surface area contributed by atoms with Crippen LogP contribution < -0.4 is 11.3 Å². The van der Waals surface area contributed by atoms with Crippen molar-refractivity contribution in [1.29, 1.82) is 0 Å². The molecule has 4 aliphatic rings. The van der Waals surface area contributed by atoms with Gasteiger partial charge in [-0.05, 0) is 48.9 Å². The monoisotopic (exact) mass is 539 g/mol. The molecule has 7 rings (SSSR count). The van der Waals surface area contributed by atoms with E-state index in [4.69, 9.17) is 25.3 Å². The number of benzene rings is 1. The van der Waals surface area contributed by atoms with Gasteiger partial charge in [-0.25, -0.2) is 14.2 Å². The number of esters is 1. The maximum Gasteiger partial charge on any atom is 0.340 e. The molecule has 5 heterocycles. The van der Waals surface area contributed by atoms with E-state index in [2.05, 4.69) is 0 Å². The molecule has 2 aromatic heterocycles. The highest BCUT2D eigenvalue weighted by atomic mass is 19.1. The number of aliphatic hydroxyl groups excluding tert-OH is 2. The van der Waals surface area contributed by atoms with Crippen LogP contribution in [0, 0.1) is 18.2 Å². The second-order valence-electron chi connectivity index (χ2n) is 10.3. The molecule has 0 saturated carbocycles. The van der Waals surface area contributed by atoms with Crippen LogP contribution in [0.4, 0.5) is 4.39 Å². The quantitative estimate of drug-likeness (QED) is 0.331. The Hall–Kier alpha value is -3.18. The molecule has 208 valence electrons. The van der Waals surface area contributed by atoms with Gasteiger partial charge in [0.05, 0.1) is 54.2 Å². The molecule has 0 radical (unpaired) electrons. The number of pyridine rings is 2. The lowest BCUT2D eigenvalue weighted by molar-refractivity contribution is -0.157. The predicted octanol–water partition coefficient (Wildman–Crippen LogP) is 2.43. The molecule has 1 unspecified atom stereocenters. The van der Waals surface area contributed by atoms with Crippen molar-refractivity contribution < 1.29 is 28.9 Å². The van der Waals surface area contributed by atoms with Gasteiger partial charge in [-0.1, -0.05) is 13.8 Å². The van der Waals surface area contributed by atoms with Crippen molar-refractivity contribution in [3.8, 4) is 11.4 Å². The van der Waals surface area contributed by atoms with Crippen LogP contribution in [0.3, 0.4) is 0 Å². The Bertz CT molecular complexity index is 1510. The number of aliphatic hydroxyl groups is 2. The van der Waals surface area contributed by atoms with Crippen LogP contribution in [0.15, 0.2) is 16.9 Å². The predicted molar refractivity (Wildman–Crippen MR) is 143 cm³/mol. The Labute approximate surface area is 225 Å². The molecule has 1 fully saturated rings. The Balaban J connectivity index is 0.000000264. The number of halogens is 1. The normalized spacial score (nSPS) is 19.4. The fourth-order valence-corrected chi connectivity index (χ4v) is 5.73. The summed E-state index contributed by atoms with van der Waals surface area (Å²) in [7, 11) is 0. The number of ether oxygens (including phenoxy) is 2. The van der Waals surface area contributed by atoms with E-state index in [1.54, 1.807) is 17.6 Å². The van der Waals surface area contributed by atoms with Gasteiger partial charge in [0.1, 0.15) is 12.4 Å². The van der Waals surface area contributed by atoms with Gasteiger partial charge in [0.25, 0.3) is 5.56 Å². The first-order valence-corrected chi connectivity index (χ1v) is 13.4. The summed E-state index contributed by atoms with van der Waals surface area (Å²) in [6.07, 6.45) is 1.12. The first-order chi connectivity index (χ1) is 18.8. The molecule has 9 nitrogen and oxygen atoms in total. The summed E-state index contributed by atoms with van der Waals surface area (Å²) in [5.74, 6) is -1.03. The van der Waals surface area contributed by atoms with Gasteiger partial charge in [0, 0.05) is 29.1 Å². The van der Waals surface area contributed by atoms with E-state index >= 15 is 0 Å². The van der Waals surface area contributed by atoms with Crippen molar-refractivity contribution in [3.63, 3.8) is 0 Å². The highest BCUT2D eigenvalue weighted by Crippen LogP contribution is 2.42. The third-order valence-electron chi connectivity index (χ3n) is 8.13. The van der Waals surface area contributed by atoms with E-state index in [9.17, 15) is 19.1 Å². The number of carbonyl (C=O) groups excluding carboxylic acids is 1. The second-order valence-corrected chi connectivity index (χ2v) is 10.3. The molecule has 1 aliphatic carbocycles. The number of nitrogens with zero attached hydrogens (tertiary/aromatic N) is 2. The van der Waals surface area contributed by atoms with Crippen molar-refractivity contribution in [1.82, 2.24) is 9.55 Å². The Morgan fingerprint density at radius 2 is 1.87 bits per heavy atom. The van der Waals surface area contributed by atoms with Gasteiger partial charge in [0.15, 0.2) is 6.10 Å². The third-order valence-corrected chi connectivity index (χ3v) is 8.13.